The van der Waals surface area contributed by atoms with Gasteiger partial charge in [0.2, 0.25) is 5.89 Å². The van der Waals surface area contributed by atoms with Gasteiger partial charge in [0.05, 0.1) is 0 Å². The summed E-state index contributed by atoms with van der Waals surface area (Å²) in [6, 6.07) is 0. The molecule has 1 aromatic heterocycles. The molecule has 1 unspecified atom stereocenters. The van der Waals surface area contributed by atoms with Gasteiger partial charge < -0.3 is 9.84 Å². The summed E-state index contributed by atoms with van der Waals surface area (Å²) < 4.78 is 5.19. The molecule has 1 aliphatic heterocycles. The average molecular weight is 232 g/mol. The normalized spacial score (nSPS) is 21.4. The first-order chi connectivity index (χ1) is 6.77. The van der Waals surface area contributed by atoms with Crippen molar-refractivity contribution >= 4 is 12.4 Å². The summed E-state index contributed by atoms with van der Waals surface area (Å²) in [5.41, 5.74) is 0. The average Bonchev–Trinajstić information content (AvgIpc) is 2.68. The molecule has 1 aromatic rings. The smallest absolute Gasteiger partial charge is 0.229 e. The second-order valence-electron chi connectivity index (χ2n) is 4.19. The lowest BCUT2D eigenvalue weighted by Crippen LogP contribution is -2.28. The predicted molar refractivity (Wildman–Crippen MR) is 60.5 cm³/mol. The molecule has 1 atom stereocenters. The summed E-state index contributed by atoms with van der Waals surface area (Å²) in [4.78, 5) is 4.42. The van der Waals surface area contributed by atoms with E-state index in [2.05, 4.69) is 29.3 Å². The maximum atomic E-state index is 5.19. The van der Waals surface area contributed by atoms with Crippen LogP contribution < -0.4 is 5.32 Å². The van der Waals surface area contributed by atoms with Gasteiger partial charge in [0.1, 0.15) is 0 Å². The minimum atomic E-state index is 0. The van der Waals surface area contributed by atoms with Crippen LogP contribution in [0, 0.1) is 0 Å². The fraction of sp³-hybridized carbons (Fsp3) is 0.800. The molecule has 4 nitrogen and oxygen atoms in total. The molecule has 1 aliphatic rings. The Hall–Kier alpha value is -0.610. The minimum absolute atomic E-state index is 0. The lowest BCUT2D eigenvalue weighted by atomic mass is 9.99. The molecule has 2 rings (SSSR count). The minimum Gasteiger partial charge on any atom is -0.339 e. The standard InChI is InChI=1S/C10H17N3O.ClH/c1-7(2)10-12-9(13-14-10)8-4-3-5-11-6-8;/h7-8,11H,3-6H2,1-2H3;1H. The molecule has 86 valence electrons. The number of halogens is 1. The van der Waals surface area contributed by atoms with E-state index < -0.39 is 0 Å². The Balaban J connectivity index is 0.00000112. The third kappa shape index (κ3) is 2.92. The van der Waals surface area contributed by atoms with Crippen LogP contribution >= 0.6 is 12.4 Å². The van der Waals surface area contributed by atoms with Gasteiger partial charge >= 0.3 is 0 Å². The van der Waals surface area contributed by atoms with Crippen molar-refractivity contribution in [3.63, 3.8) is 0 Å². The molecule has 0 radical (unpaired) electrons. The molecule has 0 bridgehead atoms. The summed E-state index contributed by atoms with van der Waals surface area (Å²) >= 11 is 0. The topological polar surface area (TPSA) is 51.0 Å². The fourth-order valence-electron chi connectivity index (χ4n) is 1.72. The Bertz CT molecular complexity index is 295. The Labute approximate surface area is 96.2 Å². The fourth-order valence-corrected chi connectivity index (χ4v) is 1.72. The molecule has 0 saturated carbocycles. The second-order valence-corrected chi connectivity index (χ2v) is 4.19. The number of nitrogens with zero attached hydrogens (tertiary/aromatic N) is 2. The lowest BCUT2D eigenvalue weighted by Gasteiger charge is -2.19. The van der Waals surface area contributed by atoms with E-state index in [1.54, 1.807) is 0 Å². The van der Waals surface area contributed by atoms with Crippen LogP contribution in [0.4, 0.5) is 0 Å². The summed E-state index contributed by atoms with van der Waals surface area (Å²) in [5.74, 6) is 2.40. The summed E-state index contributed by atoms with van der Waals surface area (Å²) in [6.07, 6.45) is 2.38. The van der Waals surface area contributed by atoms with Gasteiger partial charge in [-0.25, -0.2) is 0 Å². The van der Waals surface area contributed by atoms with Gasteiger partial charge in [0.25, 0.3) is 0 Å². The molecule has 0 spiro atoms. The van der Waals surface area contributed by atoms with Crippen molar-refractivity contribution in [3.8, 4) is 0 Å². The van der Waals surface area contributed by atoms with Crippen molar-refractivity contribution in [1.82, 2.24) is 15.5 Å². The Kier molecular flexibility index (Phi) is 4.54. The zero-order chi connectivity index (χ0) is 9.97. The first kappa shape index (κ1) is 12.5. The van der Waals surface area contributed by atoms with E-state index in [9.17, 15) is 0 Å². The van der Waals surface area contributed by atoms with Crippen molar-refractivity contribution in [3.05, 3.63) is 11.7 Å². The lowest BCUT2D eigenvalue weighted by molar-refractivity contribution is 0.351. The Morgan fingerprint density at radius 2 is 2.27 bits per heavy atom. The van der Waals surface area contributed by atoms with Crippen molar-refractivity contribution in [1.29, 1.82) is 0 Å². The van der Waals surface area contributed by atoms with Crippen LogP contribution in [0.5, 0.6) is 0 Å². The van der Waals surface area contributed by atoms with E-state index in [1.165, 1.54) is 12.8 Å². The van der Waals surface area contributed by atoms with Gasteiger partial charge in [0, 0.05) is 18.4 Å². The van der Waals surface area contributed by atoms with Crippen molar-refractivity contribution in [2.45, 2.75) is 38.5 Å². The van der Waals surface area contributed by atoms with Crippen molar-refractivity contribution in [2.75, 3.05) is 13.1 Å². The highest BCUT2D eigenvalue weighted by Gasteiger charge is 2.21. The second kappa shape index (κ2) is 5.47. The molecule has 15 heavy (non-hydrogen) atoms. The van der Waals surface area contributed by atoms with Gasteiger partial charge in [-0.15, -0.1) is 12.4 Å². The van der Waals surface area contributed by atoms with Crippen LogP contribution in [0.25, 0.3) is 0 Å². The SMILES string of the molecule is CC(C)c1nc(C2CCCNC2)no1.Cl. The molecular formula is C10H18ClN3O. The highest BCUT2D eigenvalue weighted by Crippen LogP contribution is 2.22. The first-order valence-electron chi connectivity index (χ1n) is 5.31. The highest BCUT2D eigenvalue weighted by atomic mass is 35.5. The first-order valence-corrected chi connectivity index (χ1v) is 5.31. The third-order valence-electron chi connectivity index (χ3n) is 2.61. The van der Waals surface area contributed by atoms with Crippen LogP contribution in [-0.4, -0.2) is 23.2 Å². The van der Waals surface area contributed by atoms with E-state index in [4.69, 9.17) is 4.52 Å². The third-order valence-corrected chi connectivity index (χ3v) is 2.61. The van der Waals surface area contributed by atoms with E-state index in [0.29, 0.717) is 11.8 Å². The number of piperidine rings is 1. The maximum Gasteiger partial charge on any atom is 0.229 e. The van der Waals surface area contributed by atoms with Crippen LogP contribution in [0.2, 0.25) is 0 Å². The van der Waals surface area contributed by atoms with E-state index in [1.807, 2.05) is 0 Å². The largest absolute Gasteiger partial charge is 0.339 e. The zero-order valence-electron chi connectivity index (χ0n) is 9.19. The van der Waals surface area contributed by atoms with Gasteiger partial charge in [-0.1, -0.05) is 19.0 Å². The van der Waals surface area contributed by atoms with Crippen LogP contribution in [-0.2, 0) is 0 Å². The zero-order valence-corrected chi connectivity index (χ0v) is 10.0. The van der Waals surface area contributed by atoms with Crippen molar-refractivity contribution in [2.24, 2.45) is 0 Å². The Morgan fingerprint density at radius 1 is 1.47 bits per heavy atom. The number of aromatic nitrogens is 2. The molecule has 1 saturated heterocycles. The van der Waals surface area contributed by atoms with Crippen LogP contribution in [0.15, 0.2) is 4.52 Å². The predicted octanol–water partition coefficient (Wildman–Crippen LogP) is 2.08. The highest BCUT2D eigenvalue weighted by molar-refractivity contribution is 5.85. The van der Waals surface area contributed by atoms with Crippen LogP contribution in [0.1, 0.15) is 50.2 Å². The van der Waals surface area contributed by atoms with E-state index in [0.717, 1.165) is 24.8 Å². The molecule has 0 aromatic carbocycles. The number of rotatable bonds is 2. The maximum absolute atomic E-state index is 5.19. The Morgan fingerprint density at radius 3 is 2.80 bits per heavy atom. The summed E-state index contributed by atoms with van der Waals surface area (Å²) in [7, 11) is 0. The van der Waals surface area contributed by atoms with Gasteiger partial charge in [-0.3, -0.25) is 0 Å². The monoisotopic (exact) mass is 231 g/mol. The van der Waals surface area contributed by atoms with E-state index >= 15 is 0 Å². The number of nitrogens with one attached hydrogen (secondary N) is 1. The molecule has 1 fully saturated rings. The number of hydrogen-bond acceptors (Lipinski definition) is 4. The molecule has 1 N–H and O–H groups in total. The molecule has 5 heteroatoms. The number of hydrogen-bond donors (Lipinski definition) is 1. The van der Waals surface area contributed by atoms with Gasteiger partial charge in [-0.2, -0.15) is 4.98 Å². The van der Waals surface area contributed by atoms with Crippen LogP contribution in [0.3, 0.4) is 0 Å². The summed E-state index contributed by atoms with van der Waals surface area (Å²) in [5, 5.41) is 7.39. The molecular weight excluding hydrogens is 214 g/mol. The van der Waals surface area contributed by atoms with Gasteiger partial charge in [-0.05, 0) is 19.4 Å². The van der Waals surface area contributed by atoms with E-state index in [-0.39, 0.29) is 12.4 Å². The van der Waals surface area contributed by atoms with Crippen molar-refractivity contribution < 1.29 is 4.52 Å². The van der Waals surface area contributed by atoms with Gasteiger partial charge in [0.15, 0.2) is 5.82 Å². The summed E-state index contributed by atoms with van der Waals surface area (Å²) in [6.45, 7) is 6.23. The quantitative estimate of drug-likeness (QED) is 0.847. The molecule has 0 amide bonds. The molecule has 0 aliphatic carbocycles. The molecule has 2 heterocycles.